The maximum Gasteiger partial charge on any atom is 0.191 e. The second kappa shape index (κ2) is 7.30. The molecule has 1 fully saturated rings. The maximum absolute atomic E-state index is 13.4. The van der Waals surface area contributed by atoms with Gasteiger partial charge in [0.1, 0.15) is 5.82 Å². The molecule has 23 heavy (non-hydrogen) atoms. The number of halogens is 1. The van der Waals surface area contributed by atoms with E-state index in [0.29, 0.717) is 6.54 Å². The molecule has 4 nitrogen and oxygen atoms in total. The van der Waals surface area contributed by atoms with Gasteiger partial charge in [-0.05, 0) is 24.6 Å². The summed E-state index contributed by atoms with van der Waals surface area (Å²) >= 11 is 0. The number of nitrogens with zero attached hydrogens (tertiary/aromatic N) is 1. The molecule has 0 amide bonds. The third kappa shape index (κ3) is 4.93. The number of rotatable bonds is 6. The lowest BCUT2D eigenvalue weighted by molar-refractivity contribution is -0.0971. The highest BCUT2D eigenvalue weighted by Gasteiger charge is 2.33. The summed E-state index contributed by atoms with van der Waals surface area (Å²) < 4.78 is 18.7. The molecule has 128 valence electrons. The van der Waals surface area contributed by atoms with E-state index >= 15 is 0 Å². The highest BCUT2D eigenvalue weighted by molar-refractivity contribution is 5.79. The van der Waals surface area contributed by atoms with Gasteiger partial charge in [-0.3, -0.25) is 4.99 Å². The average molecular weight is 321 g/mol. The second-order valence-electron chi connectivity index (χ2n) is 7.25. The van der Waals surface area contributed by atoms with Crippen molar-refractivity contribution in [3.63, 3.8) is 0 Å². The van der Waals surface area contributed by atoms with Gasteiger partial charge in [-0.15, -0.1) is 0 Å². The minimum Gasteiger partial charge on any atom is -0.380 e. The van der Waals surface area contributed by atoms with E-state index in [4.69, 9.17) is 4.74 Å². The summed E-state index contributed by atoms with van der Waals surface area (Å²) in [6.07, 6.45) is 0. The Bertz CT molecular complexity index is 553. The first-order valence-electron chi connectivity index (χ1n) is 8.21. The summed E-state index contributed by atoms with van der Waals surface area (Å²) in [4.78, 5) is 4.68. The lowest BCUT2D eigenvalue weighted by atomic mass is 9.85. The number of hydrogen-bond donors (Lipinski definition) is 2. The molecule has 0 radical (unpaired) electrons. The Morgan fingerprint density at radius 3 is 2.65 bits per heavy atom. The molecule has 1 aliphatic rings. The van der Waals surface area contributed by atoms with Crippen molar-refractivity contribution >= 4 is 5.96 Å². The first kappa shape index (κ1) is 17.7. The predicted octanol–water partition coefficient (Wildman–Crippen LogP) is 2.69. The van der Waals surface area contributed by atoms with Gasteiger partial charge < -0.3 is 15.4 Å². The van der Waals surface area contributed by atoms with E-state index in [-0.39, 0.29) is 16.6 Å². The van der Waals surface area contributed by atoms with Crippen LogP contribution in [-0.4, -0.2) is 38.8 Å². The molecule has 0 bridgehead atoms. The quantitative estimate of drug-likeness (QED) is 0.625. The van der Waals surface area contributed by atoms with Crippen LogP contribution in [0.4, 0.5) is 4.39 Å². The molecule has 5 heteroatoms. The van der Waals surface area contributed by atoms with Gasteiger partial charge >= 0.3 is 0 Å². The summed E-state index contributed by atoms with van der Waals surface area (Å²) in [7, 11) is 0. The average Bonchev–Trinajstić information content (AvgIpc) is 2.48. The second-order valence-corrected chi connectivity index (χ2v) is 7.25. The number of aliphatic imine (C=N–C) groups is 1. The molecule has 0 unspecified atom stereocenters. The normalized spacial score (nSPS) is 17.5. The predicted molar refractivity (Wildman–Crippen MR) is 92.3 cm³/mol. The fourth-order valence-electron chi connectivity index (χ4n) is 2.47. The highest BCUT2D eigenvalue weighted by atomic mass is 19.1. The molecule has 1 aromatic carbocycles. The largest absolute Gasteiger partial charge is 0.380 e. The van der Waals surface area contributed by atoms with Crippen molar-refractivity contribution in [2.45, 2.75) is 33.1 Å². The van der Waals surface area contributed by atoms with Crippen molar-refractivity contribution in [2.75, 3.05) is 32.8 Å². The van der Waals surface area contributed by atoms with E-state index in [2.05, 4.69) is 36.4 Å². The van der Waals surface area contributed by atoms with E-state index in [0.717, 1.165) is 37.8 Å². The van der Waals surface area contributed by atoms with Crippen LogP contribution in [-0.2, 0) is 10.2 Å². The lowest BCUT2D eigenvalue weighted by Gasteiger charge is -2.38. The molecule has 0 aliphatic carbocycles. The molecule has 2 rings (SSSR count). The van der Waals surface area contributed by atoms with Crippen LogP contribution in [0, 0.1) is 11.2 Å². The van der Waals surface area contributed by atoms with Crippen molar-refractivity contribution < 1.29 is 9.13 Å². The summed E-state index contributed by atoms with van der Waals surface area (Å²) in [5.41, 5.74) is 0.916. The van der Waals surface area contributed by atoms with Crippen LogP contribution in [0.15, 0.2) is 29.3 Å². The highest BCUT2D eigenvalue weighted by Crippen LogP contribution is 2.25. The molecule has 0 saturated carbocycles. The SMILES string of the molecule is CCNC(=NCC(C)(C)c1cccc(F)c1)NCC1(C)COC1. The smallest absolute Gasteiger partial charge is 0.191 e. The van der Waals surface area contributed by atoms with E-state index in [9.17, 15) is 4.39 Å². The zero-order valence-electron chi connectivity index (χ0n) is 14.6. The van der Waals surface area contributed by atoms with Gasteiger partial charge in [-0.2, -0.15) is 0 Å². The minimum atomic E-state index is -0.228. The minimum absolute atomic E-state index is 0.189. The Balaban J connectivity index is 2.00. The van der Waals surface area contributed by atoms with Crippen LogP contribution < -0.4 is 10.6 Å². The zero-order chi connectivity index (χ0) is 16.9. The van der Waals surface area contributed by atoms with Gasteiger partial charge in [0.2, 0.25) is 0 Å². The number of hydrogen-bond acceptors (Lipinski definition) is 2. The van der Waals surface area contributed by atoms with Gasteiger partial charge in [0.05, 0.1) is 19.8 Å². The van der Waals surface area contributed by atoms with Gasteiger partial charge in [-0.1, -0.05) is 32.9 Å². The molecule has 1 saturated heterocycles. The van der Waals surface area contributed by atoms with Crippen molar-refractivity contribution in [3.8, 4) is 0 Å². The number of nitrogens with one attached hydrogen (secondary N) is 2. The summed E-state index contributed by atoms with van der Waals surface area (Å²) in [6, 6.07) is 6.75. The van der Waals surface area contributed by atoms with Gasteiger partial charge in [0.25, 0.3) is 0 Å². The van der Waals surface area contributed by atoms with Crippen molar-refractivity contribution in [1.29, 1.82) is 0 Å². The zero-order valence-corrected chi connectivity index (χ0v) is 14.6. The van der Waals surface area contributed by atoms with Crippen LogP contribution in [0.3, 0.4) is 0 Å². The van der Waals surface area contributed by atoms with E-state index in [1.165, 1.54) is 6.07 Å². The summed E-state index contributed by atoms with van der Waals surface area (Å²) in [5, 5.41) is 6.65. The molecular formula is C18H28FN3O. The van der Waals surface area contributed by atoms with Crippen molar-refractivity contribution in [2.24, 2.45) is 10.4 Å². The third-order valence-corrected chi connectivity index (χ3v) is 4.17. The Labute approximate surface area is 138 Å². The molecular weight excluding hydrogens is 293 g/mol. The monoisotopic (exact) mass is 321 g/mol. The van der Waals surface area contributed by atoms with Crippen LogP contribution >= 0.6 is 0 Å². The van der Waals surface area contributed by atoms with Crippen LogP contribution in [0.1, 0.15) is 33.3 Å². The summed E-state index contributed by atoms with van der Waals surface area (Å²) in [6.45, 7) is 12.2. The first-order chi connectivity index (χ1) is 10.8. The molecule has 1 aromatic rings. The standard InChI is InChI=1S/C18H28FN3O/c1-5-20-16(22-11-18(4)12-23-13-18)21-10-17(2,3)14-7-6-8-15(19)9-14/h6-9H,5,10-13H2,1-4H3,(H2,20,21,22). The van der Waals surface area contributed by atoms with E-state index in [1.54, 1.807) is 12.1 Å². The number of benzene rings is 1. The number of guanidine groups is 1. The van der Waals surface area contributed by atoms with E-state index < -0.39 is 0 Å². The summed E-state index contributed by atoms with van der Waals surface area (Å²) in [5.74, 6) is 0.590. The van der Waals surface area contributed by atoms with Gasteiger partial charge in [-0.25, -0.2) is 4.39 Å². The Kier molecular flexibility index (Phi) is 5.63. The Morgan fingerprint density at radius 1 is 1.35 bits per heavy atom. The molecule has 1 aliphatic heterocycles. The van der Waals surface area contributed by atoms with Crippen LogP contribution in [0.2, 0.25) is 0 Å². The fraction of sp³-hybridized carbons (Fsp3) is 0.611. The Morgan fingerprint density at radius 2 is 2.09 bits per heavy atom. The molecule has 0 atom stereocenters. The van der Waals surface area contributed by atoms with Crippen molar-refractivity contribution in [1.82, 2.24) is 10.6 Å². The molecule has 0 aromatic heterocycles. The van der Waals surface area contributed by atoms with Crippen LogP contribution in [0.25, 0.3) is 0 Å². The van der Waals surface area contributed by atoms with Gasteiger partial charge in [0, 0.05) is 23.9 Å². The number of ether oxygens (including phenoxy) is 1. The Hall–Kier alpha value is -1.62. The van der Waals surface area contributed by atoms with Crippen LogP contribution in [0.5, 0.6) is 0 Å². The first-order valence-corrected chi connectivity index (χ1v) is 8.21. The molecule has 2 N–H and O–H groups in total. The van der Waals surface area contributed by atoms with Gasteiger partial charge in [0.15, 0.2) is 5.96 Å². The molecule has 0 spiro atoms. The third-order valence-electron chi connectivity index (χ3n) is 4.17. The maximum atomic E-state index is 13.4. The fourth-order valence-corrected chi connectivity index (χ4v) is 2.47. The lowest BCUT2D eigenvalue weighted by Crippen LogP contribution is -2.51. The van der Waals surface area contributed by atoms with E-state index in [1.807, 2.05) is 13.0 Å². The van der Waals surface area contributed by atoms with Crippen molar-refractivity contribution in [3.05, 3.63) is 35.6 Å². The molecule has 1 heterocycles. The topological polar surface area (TPSA) is 45.7 Å².